The Morgan fingerprint density at radius 2 is 2.16 bits per heavy atom. The second kappa shape index (κ2) is 7.71. The van der Waals surface area contributed by atoms with Crippen molar-refractivity contribution in [1.82, 2.24) is 0 Å². The maximum absolute atomic E-state index is 6.13. The third-order valence-corrected chi connectivity index (χ3v) is 3.57. The van der Waals surface area contributed by atoms with Crippen LogP contribution in [0.5, 0.6) is 0 Å². The molecule has 0 heterocycles. The lowest BCUT2D eigenvalue weighted by atomic mass is 9.77. The summed E-state index contributed by atoms with van der Waals surface area (Å²) in [6.07, 6.45) is 8.23. The molecule has 0 aromatic heterocycles. The Balaban J connectivity index is 2.75. The summed E-state index contributed by atoms with van der Waals surface area (Å²) >= 11 is 0. The van der Waals surface area contributed by atoms with Crippen molar-refractivity contribution in [2.24, 2.45) is 17.1 Å². The van der Waals surface area contributed by atoms with Crippen molar-refractivity contribution in [3.8, 4) is 0 Å². The number of ether oxygens (including phenoxy) is 2. The molecule has 19 heavy (non-hydrogen) atoms. The lowest BCUT2D eigenvalue weighted by molar-refractivity contribution is -0.0318. The Kier molecular flexibility index (Phi) is 6.59. The summed E-state index contributed by atoms with van der Waals surface area (Å²) in [4.78, 5) is 0. The van der Waals surface area contributed by atoms with Crippen LogP contribution in [-0.4, -0.2) is 25.9 Å². The monoisotopic (exact) mass is 267 g/mol. The molecule has 0 radical (unpaired) electrons. The molecule has 3 nitrogen and oxygen atoms in total. The van der Waals surface area contributed by atoms with Gasteiger partial charge in [0.1, 0.15) is 11.9 Å². The van der Waals surface area contributed by atoms with Crippen LogP contribution in [0.4, 0.5) is 0 Å². The van der Waals surface area contributed by atoms with E-state index >= 15 is 0 Å². The standard InChI is InChI=1S/C16H29NO2/c1-5-18-14-7-6-9-16(4,10-11-17)15(14)19-12-8-13(2)3/h6-7,9,13,15H,5,8,10-12,17H2,1-4H3. The SMILES string of the molecule is CCOC1=CC=CC(C)(CCN)C1OCCC(C)C. The van der Waals surface area contributed by atoms with Crippen LogP contribution in [-0.2, 0) is 9.47 Å². The van der Waals surface area contributed by atoms with Crippen LogP contribution in [0.25, 0.3) is 0 Å². The maximum atomic E-state index is 6.13. The van der Waals surface area contributed by atoms with E-state index in [1.165, 1.54) is 0 Å². The molecule has 0 saturated heterocycles. The van der Waals surface area contributed by atoms with Crippen LogP contribution < -0.4 is 5.73 Å². The lowest BCUT2D eigenvalue weighted by Crippen LogP contribution is -2.39. The van der Waals surface area contributed by atoms with E-state index in [-0.39, 0.29) is 11.5 Å². The number of hydrogen-bond acceptors (Lipinski definition) is 3. The van der Waals surface area contributed by atoms with E-state index in [1.54, 1.807) is 0 Å². The summed E-state index contributed by atoms with van der Waals surface area (Å²) in [7, 11) is 0. The topological polar surface area (TPSA) is 44.5 Å². The van der Waals surface area contributed by atoms with Crippen LogP contribution in [0.3, 0.4) is 0 Å². The normalized spacial score (nSPS) is 26.6. The quantitative estimate of drug-likeness (QED) is 0.734. The van der Waals surface area contributed by atoms with E-state index in [1.807, 2.05) is 13.0 Å². The van der Waals surface area contributed by atoms with Crippen molar-refractivity contribution in [3.63, 3.8) is 0 Å². The average molecular weight is 267 g/mol. The number of rotatable bonds is 8. The van der Waals surface area contributed by atoms with Gasteiger partial charge in [-0.15, -0.1) is 0 Å². The molecular formula is C16H29NO2. The maximum Gasteiger partial charge on any atom is 0.126 e. The van der Waals surface area contributed by atoms with E-state index in [0.29, 0.717) is 19.1 Å². The third kappa shape index (κ3) is 4.66. The van der Waals surface area contributed by atoms with Gasteiger partial charge in [0.2, 0.25) is 0 Å². The van der Waals surface area contributed by atoms with Gasteiger partial charge in [0.05, 0.1) is 6.61 Å². The molecule has 0 aliphatic heterocycles. The van der Waals surface area contributed by atoms with Crippen molar-refractivity contribution < 1.29 is 9.47 Å². The molecule has 1 rings (SSSR count). The molecule has 0 bridgehead atoms. The smallest absolute Gasteiger partial charge is 0.126 e. The fourth-order valence-corrected chi connectivity index (χ4v) is 2.37. The summed E-state index contributed by atoms with van der Waals surface area (Å²) in [6, 6.07) is 0. The molecule has 2 N–H and O–H groups in total. The minimum atomic E-state index is -0.0645. The highest BCUT2D eigenvalue weighted by atomic mass is 16.5. The molecule has 0 amide bonds. The third-order valence-electron chi connectivity index (χ3n) is 3.57. The lowest BCUT2D eigenvalue weighted by Gasteiger charge is -2.38. The van der Waals surface area contributed by atoms with E-state index in [4.69, 9.17) is 15.2 Å². The molecule has 1 aliphatic rings. The Morgan fingerprint density at radius 1 is 1.42 bits per heavy atom. The summed E-state index contributed by atoms with van der Waals surface area (Å²) in [5.74, 6) is 1.59. The first-order valence-corrected chi connectivity index (χ1v) is 7.37. The number of nitrogens with two attached hydrogens (primary N) is 1. The van der Waals surface area contributed by atoms with Gasteiger partial charge in [-0.3, -0.25) is 0 Å². The van der Waals surface area contributed by atoms with Gasteiger partial charge in [-0.2, -0.15) is 0 Å². The molecule has 110 valence electrons. The molecule has 0 aromatic carbocycles. The van der Waals surface area contributed by atoms with Crippen molar-refractivity contribution in [1.29, 1.82) is 0 Å². The van der Waals surface area contributed by atoms with Gasteiger partial charge >= 0.3 is 0 Å². The first kappa shape index (κ1) is 16.3. The van der Waals surface area contributed by atoms with Crippen molar-refractivity contribution >= 4 is 0 Å². The van der Waals surface area contributed by atoms with Gasteiger partial charge in [-0.25, -0.2) is 0 Å². The molecule has 3 heteroatoms. The molecule has 0 fully saturated rings. The second-order valence-corrected chi connectivity index (χ2v) is 5.84. The molecular weight excluding hydrogens is 238 g/mol. The first-order valence-electron chi connectivity index (χ1n) is 7.37. The Hall–Kier alpha value is -0.800. The molecule has 1 aliphatic carbocycles. The van der Waals surface area contributed by atoms with Gasteiger partial charge in [0.15, 0.2) is 0 Å². The van der Waals surface area contributed by atoms with Crippen LogP contribution in [0.1, 0.15) is 40.5 Å². The Labute approximate surface area is 117 Å². The first-order chi connectivity index (χ1) is 9.03. The Morgan fingerprint density at radius 3 is 2.74 bits per heavy atom. The minimum absolute atomic E-state index is 0.0141. The van der Waals surface area contributed by atoms with E-state index in [2.05, 4.69) is 32.9 Å². The number of hydrogen-bond donors (Lipinski definition) is 1. The zero-order valence-electron chi connectivity index (χ0n) is 12.8. The zero-order chi connectivity index (χ0) is 14.3. The van der Waals surface area contributed by atoms with E-state index < -0.39 is 0 Å². The fraction of sp³-hybridized carbons (Fsp3) is 0.750. The predicted molar refractivity (Wildman–Crippen MR) is 79.8 cm³/mol. The van der Waals surface area contributed by atoms with E-state index in [9.17, 15) is 0 Å². The van der Waals surface area contributed by atoms with Crippen LogP contribution in [0, 0.1) is 11.3 Å². The fourth-order valence-electron chi connectivity index (χ4n) is 2.37. The van der Waals surface area contributed by atoms with E-state index in [0.717, 1.165) is 25.2 Å². The van der Waals surface area contributed by atoms with Gasteiger partial charge in [-0.1, -0.05) is 32.9 Å². The highest BCUT2D eigenvalue weighted by molar-refractivity contribution is 5.25. The van der Waals surface area contributed by atoms with Gasteiger partial charge < -0.3 is 15.2 Å². The molecule has 0 aromatic rings. The molecule has 0 spiro atoms. The van der Waals surface area contributed by atoms with Crippen LogP contribution >= 0.6 is 0 Å². The molecule has 2 unspecified atom stereocenters. The van der Waals surface area contributed by atoms with Crippen LogP contribution in [0.15, 0.2) is 24.0 Å². The summed E-state index contributed by atoms with van der Waals surface area (Å²) in [5.41, 5.74) is 5.69. The second-order valence-electron chi connectivity index (χ2n) is 5.84. The van der Waals surface area contributed by atoms with Gasteiger partial charge in [0.25, 0.3) is 0 Å². The molecule has 0 saturated carbocycles. The van der Waals surface area contributed by atoms with Gasteiger partial charge in [0, 0.05) is 12.0 Å². The van der Waals surface area contributed by atoms with Crippen molar-refractivity contribution in [2.75, 3.05) is 19.8 Å². The zero-order valence-corrected chi connectivity index (χ0v) is 12.8. The largest absolute Gasteiger partial charge is 0.495 e. The highest BCUT2D eigenvalue weighted by Gasteiger charge is 2.37. The highest BCUT2D eigenvalue weighted by Crippen LogP contribution is 2.37. The van der Waals surface area contributed by atoms with Crippen LogP contribution in [0.2, 0.25) is 0 Å². The van der Waals surface area contributed by atoms with Crippen molar-refractivity contribution in [3.05, 3.63) is 24.0 Å². The minimum Gasteiger partial charge on any atom is -0.495 e. The van der Waals surface area contributed by atoms with Crippen molar-refractivity contribution in [2.45, 2.75) is 46.6 Å². The summed E-state index contributed by atoms with van der Waals surface area (Å²) < 4.78 is 11.9. The summed E-state index contributed by atoms with van der Waals surface area (Å²) in [6.45, 7) is 10.7. The predicted octanol–water partition coefficient (Wildman–Crippen LogP) is 3.26. The Bertz CT molecular complexity index is 323. The average Bonchev–Trinajstić information content (AvgIpc) is 2.33. The van der Waals surface area contributed by atoms with Gasteiger partial charge in [-0.05, 0) is 38.3 Å². The molecule has 2 atom stereocenters. The summed E-state index contributed by atoms with van der Waals surface area (Å²) in [5, 5.41) is 0. The number of allylic oxidation sites excluding steroid dienone is 2.